The minimum atomic E-state index is -0.454. The van der Waals surface area contributed by atoms with Gasteiger partial charge in [-0.05, 0) is 36.4 Å². The molecule has 7 heteroatoms. The zero-order valence-electron chi connectivity index (χ0n) is 12.3. The van der Waals surface area contributed by atoms with Crippen LogP contribution in [-0.2, 0) is 0 Å². The summed E-state index contributed by atoms with van der Waals surface area (Å²) in [6.45, 7) is 0.161. The van der Waals surface area contributed by atoms with Gasteiger partial charge in [0.25, 0.3) is 5.91 Å². The van der Waals surface area contributed by atoms with E-state index in [1.165, 1.54) is 0 Å². The minimum absolute atomic E-state index is 0.113. The molecule has 2 heterocycles. The molecular formula is C17H11ClN2O4. The van der Waals surface area contributed by atoms with Crippen LogP contribution in [0.5, 0.6) is 11.5 Å². The zero-order valence-corrected chi connectivity index (χ0v) is 13.0. The standard InChI is InChI=1S/C17H11ClN2O4/c18-10-1-3-13-9(5-10)6-12(16(19)24-13)17(21)20-11-2-4-14-15(7-11)23-8-22-14/h1-7,19H,8H2,(H,20,21). The van der Waals surface area contributed by atoms with Crippen molar-refractivity contribution in [1.29, 1.82) is 5.41 Å². The van der Waals surface area contributed by atoms with Crippen LogP contribution < -0.4 is 20.3 Å². The van der Waals surface area contributed by atoms with E-state index in [2.05, 4.69) is 5.32 Å². The van der Waals surface area contributed by atoms with Crippen molar-refractivity contribution in [2.45, 2.75) is 0 Å². The lowest BCUT2D eigenvalue weighted by molar-refractivity contribution is 0.102. The van der Waals surface area contributed by atoms with Crippen LogP contribution in [0.25, 0.3) is 11.0 Å². The molecule has 1 aliphatic heterocycles. The summed E-state index contributed by atoms with van der Waals surface area (Å²) in [6, 6.07) is 11.7. The fourth-order valence-corrected chi connectivity index (χ4v) is 2.63. The Morgan fingerprint density at radius 1 is 1.08 bits per heavy atom. The predicted octanol–water partition coefficient (Wildman–Crippen LogP) is 3.55. The Morgan fingerprint density at radius 2 is 1.92 bits per heavy atom. The molecular weight excluding hydrogens is 332 g/mol. The first-order valence-corrected chi connectivity index (χ1v) is 7.47. The number of nitrogens with one attached hydrogen (secondary N) is 2. The molecule has 6 nitrogen and oxygen atoms in total. The summed E-state index contributed by atoms with van der Waals surface area (Å²) < 4.78 is 15.9. The Labute approximate surface area is 141 Å². The highest BCUT2D eigenvalue weighted by Gasteiger charge is 2.16. The largest absolute Gasteiger partial charge is 0.454 e. The summed E-state index contributed by atoms with van der Waals surface area (Å²) in [5, 5.41) is 11.8. The van der Waals surface area contributed by atoms with Crippen LogP contribution in [0.15, 0.2) is 46.9 Å². The Hall–Kier alpha value is -2.99. The van der Waals surface area contributed by atoms with Crippen LogP contribution in [0.4, 0.5) is 5.69 Å². The van der Waals surface area contributed by atoms with Crippen molar-refractivity contribution in [3.05, 3.63) is 58.6 Å². The topological polar surface area (TPSA) is 84.6 Å². The quantitative estimate of drug-likeness (QED) is 0.746. The normalized spacial score (nSPS) is 12.4. The number of carbonyl (C=O) groups excluding carboxylic acids is 1. The van der Waals surface area contributed by atoms with E-state index >= 15 is 0 Å². The van der Waals surface area contributed by atoms with E-state index in [1.807, 2.05) is 0 Å². The number of hydrogen-bond donors (Lipinski definition) is 2. The van der Waals surface area contributed by atoms with E-state index in [1.54, 1.807) is 42.5 Å². The monoisotopic (exact) mass is 342 g/mol. The second kappa shape index (κ2) is 5.58. The third-order valence-electron chi connectivity index (χ3n) is 3.60. The van der Waals surface area contributed by atoms with Gasteiger partial charge in [-0.1, -0.05) is 11.6 Å². The first-order valence-electron chi connectivity index (χ1n) is 7.09. The molecule has 0 saturated carbocycles. The number of rotatable bonds is 2. The predicted molar refractivity (Wildman–Crippen MR) is 87.6 cm³/mol. The van der Waals surface area contributed by atoms with Crippen molar-refractivity contribution in [2.75, 3.05) is 12.1 Å². The highest BCUT2D eigenvalue weighted by atomic mass is 35.5. The lowest BCUT2D eigenvalue weighted by Gasteiger charge is -2.07. The minimum Gasteiger partial charge on any atom is -0.454 e. The molecule has 1 aliphatic rings. The maximum absolute atomic E-state index is 12.5. The van der Waals surface area contributed by atoms with Crippen LogP contribution in [0.1, 0.15) is 10.4 Å². The zero-order chi connectivity index (χ0) is 16.7. The third-order valence-corrected chi connectivity index (χ3v) is 3.84. The van der Waals surface area contributed by atoms with E-state index in [-0.39, 0.29) is 17.9 Å². The average Bonchev–Trinajstić information content (AvgIpc) is 3.02. The smallest absolute Gasteiger partial charge is 0.261 e. The number of amides is 1. The maximum atomic E-state index is 12.5. The first-order chi connectivity index (χ1) is 11.6. The van der Waals surface area contributed by atoms with Crippen molar-refractivity contribution in [1.82, 2.24) is 0 Å². The van der Waals surface area contributed by atoms with Gasteiger partial charge in [-0.25, -0.2) is 0 Å². The number of anilines is 1. The summed E-state index contributed by atoms with van der Waals surface area (Å²) in [5.41, 5.74) is 0.921. The number of benzene rings is 2. The van der Waals surface area contributed by atoms with Gasteiger partial charge in [-0.3, -0.25) is 10.2 Å². The molecule has 120 valence electrons. The maximum Gasteiger partial charge on any atom is 0.261 e. The second-order valence-corrected chi connectivity index (χ2v) is 5.63. The molecule has 2 N–H and O–H groups in total. The average molecular weight is 343 g/mol. The molecule has 0 saturated heterocycles. The number of carbonyl (C=O) groups is 1. The van der Waals surface area contributed by atoms with Crippen LogP contribution in [-0.4, -0.2) is 12.7 Å². The van der Waals surface area contributed by atoms with Gasteiger partial charge in [-0.15, -0.1) is 0 Å². The molecule has 0 fully saturated rings. The van der Waals surface area contributed by atoms with Crippen LogP contribution in [0.3, 0.4) is 0 Å². The molecule has 24 heavy (non-hydrogen) atoms. The van der Waals surface area contributed by atoms with E-state index in [9.17, 15) is 4.79 Å². The van der Waals surface area contributed by atoms with E-state index in [0.717, 1.165) is 0 Å². The molecule has 0 atom stereocenters. The summed E-state index contributed by atoms with van der Waals surface area (Å²) in [5.74, 6) is 0.739. The van der Waals surface area contributed by atoms with E-state index < -0.39 is 5.91 Å². The number of hydrogen-bond acceptors (Lipinski definition) is 5. The Kier molecular flexibility index (Phi) is 3.39. The van der Waals surface area contributed by atoms with Gasteiger partial charge in [0.2, 0.25) is 12.3 Å². The van der Waals surface area contributed by atoms with Crippen molar-refractivity contribution < 1.29 is 18.7 Å². The van der Waals surface area contributed by atoms with Crippen molar-refractivity contribution in [3.63, 3.8) is 0 Å². The Morgan fingerprint density at radius 3 is 2.79 bits per heavy atom. The molecule has 0 radical (unpaired) electrons. The van der Waals surface area contributed by atoms with Crippen molar-refractivity contribution >= 4 is 34.2 Å². The molecule has 0 aliphatic carbocycles. The summed E-state index contributed by atoms with van der Waals surface area (Å²) in [7, 11) is 0. The lowest BCUT2D eigenvalue weighted by atomic mass is 10.1. The molecule has 0 unspecified atom stereocenters. The van der Waals surface area contributed by atoms with Gasteiger partial charge >= 0.3 is 0 Å². The molecule has 2 aromatic carbocycles. The second-order valence-electron chi connectivity index (χ2n) is 5.19. The highest BCUT2D eigenvalue weighted by molar-refractivity contribution is 6.31. The van der Waals surface area contributed by atoms with Gasteiger partial charge < -0.3 is 19.2 Å². The molecule has 1 amide bonds. The fourth-order valence-electron chi connectivity index (χ4n) is 2.45. The van der Waals surface area contributed by atoms with Crippen LogP contribution in [0, 0.1) is 5.41 Å². The van der Waals surface area contributed by atoms with Crippen molar-refractivity contribution in [2.24, 2.45) is 0 Å². The Balaban J connectivity index is 1.68. The number of halogens is 1. The lowest BCUT2D eigenvalue weighted by Crippen LogP contribution is -2.20. The fraction of sp³-hybridized carbons (Fsp3) is 0.0588. The highest BCUT2D eigenvalue weighted by Crippen LogP contribution is 2.34. The molecule has 1 aromatic heterocycles. The Bertz CT molecular complexity index is 1030. The van der Waals surface area contributed by atoms with Crippen LogP contribution in [0.2, 0.25) is 5.02 Å². The molecule has 4 rings (SSSR count). The van der Waals surface area contributed by atoms with E-state index in [4.69, 9.17) is 30.9 Å². The van der Waals surface area contributed by atoms with E-state index in [0.29, 0.717) is 33.2 Å². The molecule has 0 spiro atoms. The number of ether oxygens (including phenoxy) is 2. The summed E-state index contributed by atoms with van der Waals surface area (Å²) in [6.07, 6.45) is 0. The van der Waals surface area contributed by atoms with Gasteiger partial charge in [0.05, 0.1) is 0 Å². The summed E-state index contributed by atoms with van der Waals surface area (Å²) >= 11 is 5.96. The van der Waals surface area contributed by atoms with Gasteiger partial charge in [-0.2, -0.15) is 0 Å². The van der Waals surface area contributed by atoms with Gasteiger partial charge in [0.1, 0.15) is 11.1 Å². The number of fused-ring (bicyclic) bond motifs is 2. The van der Waals surface area contributed by atoms with Gasteiger partial charge in [0.15, 0.2) is 11.5 Å². The molecule has 0 bridgehead atoms. The third kappa shape index (κ3) is 2.57. The SMILES string of the molecule is N=c1oc2ccc(Cl)cc2cc1C(=O)Nc1ccc2c(c1)OCO2. The van der Waals surface area contributed by atoms with Crippen LogP contribution >= 0.6 is 11.6 Å². The summed E-state index contributed by atoms with van der Waals surface area (Å²) in [4.78, 5) is 12.5. The first kappa shape index (κ1) is 14.6. The molecule has 3 aromatic rings. The van der Waals surface area contributed by atoms with Gasteiger partial charge in [0, 0.05) is 22.2 Å². The van der Waals surface area contributed by atoms with Crippen molar-refractivity contribution in [3.8, 4) is 11.5 Å².